The molecule has 0 saturated carbocycles. The predicted octanol–water partition coefficient (Wildman–Crippen LogP) is 12.3. The van der Waals surface area contributed by atoms with Crippen molar-refractivity contribution in [2.24, 2.45) is 0 Å². The second kappa shape index (κ2) is 11.8. The van der Waals surface area contributed by atoms with Crippen molar-refractivity contribution < 1.29 is 0 Å². The summed E-state index contributed by atoms with van der Waals surface area (Å²) in [5, 5.41) is 9.18. The summed E-state index contributed by atoms with van der Waals surface area (Å²) in [5.74, 6) is 0. The van der Waals surface area contributed by atoms with Crippen LogP contribution in [0, 0.1) is 0 Å². The van der Waals surface area contributed by atoms with Crippen LogP contribution in [0.1, 0.15) is 12.5 Å². The van der Waals surface area contributed by atoms with E-state index in [1.54, 1.807) is 0 Å². The van der Waals surface area contributed by atoms with Crippen molar-refractivity contribution in [3.8, 4) is 33.4 Å². The molecule has 45 heavy (non-hydrogen) atoms. The molecule has 0 heterocycles. The minimum atomic E-state index is -1.38. The van der Waals surface area contributed by atoms with Crippen LogP contribution in [0.15, 0.2) is 152 Å². The molecule has 218 valence electrons. The molecular formula is C44H38Si. The van der Waals surface area contributed by atoms with E-state index < -0.39 is 8.07 Å². The van der Waals surface area contributed by atoms with Crippen LogP contribution >= 0.6 is 0 Å². The molecule has 0 aromatic heterocycles. The SMILES string of the molecule is C/C=C\C=C/c1cc(-c2ccc(-c3ccc4ccccc4c3)cc2)c2ccccc2c1-c1ccc2cc([Si](C)(C)C)ccc2c1. The monoisotopic (exact) mass is 594 g/mol. The van der Waals surface area contributed by atoms with Crippen molar-refractivity contribution in [3.63, 3.8) is 0 Å². The van der Waals surface area contributed by atoms with Gasteiger partial charge in [0.05, 0.1) is 8.07 Å². The van der Waals surface area contributed by atoms with Crippen LogP contribution < -0.4 is 5.19 Å². The Balaban J connectivity index is 1.36. The van der Waals surface area contributed by atoms with Crippen LogP contribution in [0.3, 0.4) is 0 Å². The first-order valence-corrected chi connectivity index (χ1v) is 19.4. The molecule has 0 fully saturated rings. The first-order chi connectivity index (χ1) is 21.9. The summed E-state index contributed by atoms with van der Waals surface area (Å²) in [6, 6.07) is 49.6. The Labute approximate surface area is 268 Å². The van der Waals surface area contributed by atoms with Gasteiger partial charge < -0.3 is 0 Å². The molecule has 0 nitrogen and oxygen atoms in total. The summed E-state index contributed by atoms with van der Waals surface area (Å²) in [6.45, 7) is 9.30. The third kappa shape index (κ3) is 5.68. The zero-order valence-electron chi connectivity index (χ0n) is 26.5. The molecule has 0 amide bonds. The van der Waals surface area contributed by atoms with Crippen molar-refractivity contribution in [1.29, 1.82) is 0 Å². The van der Waals surface area contributed by atoms with E-state index in [1.165, 1.54) is 76.4 Å². The van der Waals surface area contributed by atoms with Gasteiger partial charge in [-0.1, -0.05) is 164 Å². The van der Waals surface area contributed by atoms with E-state index in [1.807, 2.05) is 0 Å². The van der Waals surface area contributed by atoms with Gasteiger partial charge in [-0.2, -0.15) is 0 Å². The van der Waals surface area contributed by atoms with Crippen LogP contribution in [0.4, 0.5) is 0 Å². The smallest absolute Gasteiger partial charge is 0.0776 e. The van der Waals surface area contributed by atoms with Crippen molar-refractivity contribution in [3.05, 3.63) is 157 Å². The van der Waals surface area contributed by atoms with Gasteiger partial charge in [0.15, 0.2) is 0 Å². The van der Waals surface area contributed by atoms with Gasteiger partial charge in [0, 0.05) is 0 Å². The number of hydrogen-bond donors (Lipinski definition) is 0. The maximum Gasteiger partial charge on any atom is 0.0776 e. The minimum Gasteiger partial charge on any atom is -0.0877 e. The topological polar surface area (TPSA) is 0 Å². The zero-order valence-corrected chi connectivity index (χ0v) is 27.5. The van der Waals surface area contributed by atoms with Crippen LogP contribution in [0.5, 0.6) is 0 Å². The Morgan fingerprint density at radius 3 is 1.82 bits per heavy atom. The highest BCUT2D eigenvalue weighted by molar-refractivity contribution is 6.88. The van der Waals surface area contributed by atoms with Crippen molar-refractivity contribution in [2.75, 3.05) is 0 Å². The highest BCUT2D eigenvalue weighted by atomic mass is 28.3. The van der Waals surface area contributed by atoms with E-state index in [0.29, 0.717) is 0 Å². The molecule has 1 heteroatoms. The molecule has 0 atom stereocenters. The highest BCUT2D eigenvalue weighted by Crippen LogP contribution is 2.40. The lowest BCUT2D eigenvalue weighted by Gasteiger charge is -2.18. The summed E-state index contributed by atoms with van der Waals surface area (Å²) in [4.78, 5) is 0. The third-order valence-corrected chi connectivity index (χ3v) is 11.0. The van der Waals surface area contributed by atoms with Gasteiger partial charge in [0.2, 0.25) is 0 Å². The summed E-state index contributed by atoms with van der Waals surface area (Å²) in [5.41, 5.74) is 8.69. The minimum absolute atomic E-state index is 1.22. The largest absolute Gasteiger partial charge is 0.0877 e. The summed E-state index contributed by atoms with van der Waals surface area (Å²) < 4.78 is 0. The van der Waals surface area contributed by atoms with Crippen molar-refractivity contribution in [2.45, 2.75) is 26.6 Å². The lowest BCUT2D eigenvalue weighted by Crippen LogP contribution is -2.37. The van der Waals surface area contributed by atoms with E-state index in [0.717, 1.165) is 0 Å². The lowest BCUT2D eigenvalue weighted by atomic mass is 9.87. The van der Waals surface area contributed by atoms with E-state index in [4.69, 9.17) is 0 Å². The normalized spacial score (nSPS) is 12.3. The maximum absolute atomic E-state index is 2.41. The average molecular weight is 595 g/mol. The van der Waals surface area contributed by atoms with Crippen molar-refractivity contribution >= 4 is 51.7 Å². The fraction of sp³-hybridized carbons (Fsp3) is 0.0909. The fourth-order valence-corrected chi connectivity index (χ4v) is 7.61. The second-order valence-electron chi connectivity index (χ2n) is 13.0. The van der Waals surface area contributed by atoms with Crippen LogP contribution in [-0.4, -0.2) is 8.07 Å². The molecule has 0 saturated heterocycles. The summed E-state index contributed by atoms with van der Waals surface area (Å²) in [7, 11) is -1.38. The predicted molar refractivity (Wildman–Crippen MR) is 202 cm³/mol. The first-order valence-electron chi connectivity index (χ1n) is 15.9. The standard InChI is InChI=1S/C44H38Si/c1-5-6-7-14-38-30-43(33-20-17-32(18-21-33)35-22-19-31-12-8-9-13-34(31)27-35)41-15-10-11-16-42(41)44(38)39-24-23-37-29-40(45(2,3)4)26-25-36(37)28-39/h5-30H,1-4H3/b6-5-,14-7-. The third-order valence-electron chi connectivity index (χ3n) is 8.93. The number of fused-ring (bicyclic) bond motifs is 3. The number of hydrogen-bond acceptors (Lipinski definition) is 0. The van der Waals surface area contributed by atoms with Gasteiger partial charge in [-0.05, 0) is 96.4 Å². The van der Waals surface area contributed by atoms with Crippen molar-refractivity contribution in [1.82, 2.24) is 0 Å². The number of benzene rings is 7. The number of allylic oxidation sites excluding steroid dienone is 3. The van der Waals surface area contributed by atoms with E-state index >= 15 is 0 Å². The molecule has 0 radical (unpaired) electrons. The van der Waals surface area contributed by atoms with Gasteiger partial charge in [0.25, 0.3) is 0 Å². The van der Waals surface area contributed by atoms with Crippen LogP contribution in [0.2, 0.25) is 19.6 Å². The average Bonchev–Trinajstić information content (AvgIpc) is 3.07. The Bertz CT molecular complexity index is 2240. The van der Waals surface area contributed by atoms with Gasteiger partial charge in [-0.15, -0.1) is 0 Å². The second-order valence-corrected chi connectivity index (χ2v) is 18.1. The molecule has 7 aromatic rings. The van der Waals surface area contributed by atoms with E-state index in [2.05, 4.69) is 184 Å². The molecule has 0 bridgehead atoms. The first kappa shape index (κ1) is 28.8. The molecule has 0 spiro atoms. The fourth-order valence-electron chi connectivity index (χ4n) is 6.44. The molecule has 7 aromatic carbocycles. The Morgan fingerprint density at radius 2 is 1.04 bits per heavy atom. The molecule has 0 aliphatic rings. The Hall–Kier alpha value is -4.98. The number of rotatable bonds is 6. The maximum atomic E-state index is 2.41. The van der Waals surface area contributed by atoms with Crippen LogP contribution in [0.25, 0.3) is 71.8 Å². The van der Waals surface area contributed by atoms with E-state index in [-0.39, 0.29) is 0 Å². The molecule has 0 unspecified atom stereocenters. The quantitative estimate of drug-likeness (QED) is 0.133. The van der Waals surface area contributed by atoms with E-state index in [9.17, 15) is 0 Å². The molecule has 7 rings (SSSR count). The Morgan fingerprint density at radius 1 is 0.467 bits per heavy atom. The van der Waals surface area contributed by atoms with Gasteiger partial charge >= 0.3 is 0 Å². The Kier molecular flexibility index (Phi) is 7.57. The zero-order chi connectivity index (χ0) is 31.0. The highest BCUT2D eigenvalue weighted by Gasteiger charge is 2.18. The van der Waals surface area contributed by atoms with Gasteiger partial charge in [-0.3, -0.25) is 0 Å². The molecule has 0 aliphatic carbocycles. The van der Waals surface area contributed by atoms with Gasteiger partial charge in [0.1, 0.15) is 0 Å². The lowest BCUT2D eigenvalue weighted by molar-refractivity contribution is 1.60. The van der Waals surface area contributed by atoms with Gasteiger partial charge in [-0.25, -0.2) is 0 Å². The van der Waals surface area contributed by atoms with Crippen LogP contribution in [-0.2, 0) is 0 Å². The molecule has 0 aliphatic heterocycles. The molecular weight excluding hydrogens is 557 g/mol. The molecule has 0 N–H and O–H groups in total. The summed E-state index contributed by atoms with van der Waals surface area (Å²) >= 11 is 0. The summed E-state index contributed by atoms with van der Waals surface area (Å²) in [6.07, 6.45) is 8.60.